The average molecular weight is 436 g/mol. The number of amides is 1. The molecule has 1 unspecified atom stereocenters. The van der Waals surface area contributed by atoms with Crippen LogP contribution in [-0.4, -0.2) is 34.0 Å². The molecular weight excluding hydrogens is 417 g/mol. The molecular formula is C20H19F3N4O2S. The topological polar surface area (TPSA) is 71.3 Å². The standard InChI is InChI=1S/C20H19F3N4O2S/c21-20(22,23)14-5-1-6-15(10-14)24-19(28)13-4-2-8-27(11-13)12-17-25-18(26-29-17)16-7-3-9-30-16/h1,3,5-7,9-10,13H,2,4,8,11-12H2,(H,24,28). The number of alkyl halides is 3. The molecule has 6 nitrogen and oxygen atoms in total. The molecule has 0 aliphatic carbocycles. The molecule has 1 aliphatic heterocycles. The smallest absolute Gasteiger partial charge is 0.338 e. The van der Waals surface area contributed by atoms with Gasteiger partial charge in [-0.05, 0) is 49.0 Å². The lowest BCUT2D eigenvalue weighted by atomic mass is 9.97. The third-order valence-corrected chi connectivity index (χ3v) is 5.77. The maximum Gasteiger partial charge on any atom is 0.416 e. The highest BCUT2D eigenvalue weighted by molar-refractivity contribution is 7.13. The van der Waals surface area contributed by atoms with E-state index in [9.17, 15) is 18.0 Å². The summed E-state index contributed by atoms with van der Waals surface area (Å²) in [5, 5.41) is 8.54. The molecule has 1 saturated heterocycles. The van der Waals surface area contributed by atoms with Gasteiger partial charge in [-0.3, -0.25) is 9.69 Å². The number of nitrogens with zero attached hydrogens (tertiary/aromatic N) is 3. The van der Waals surface area contributed by atoms with Crippen LogP contribution in [-0.2, 0) is 17.5 Å². The molecule has 0 bridgehead atoms. The monoisotopic (exact) mass is 436 g/mol. The summed E-state index contributed by atoms with van der Waals surface area (Å²) in [5.41, 5.74) is -0.645. The van der Waals surface area contributed by atoms with Gasteiger partial charge in [-0.1, -0.05) is 17.3 Å². The van der Waals surface area contributed by atoms with Gasteiger partial charge in [0.15, 0.2) is 0 Å². The lowest BCUT2D eigenvalue weighted by Crippen LogP contribution is -2.40. The summed E-state index contributed by atoms with van der Waals surface area (Å²) < 4.78 is 43.9. The Balaban J connectivity index is 1.36. The summed E-state index contributed by atoms with van der Waals surface area (Å²) in [6, 6.07) is 8.49. The molecule has 1 amide bonds. The quantitative estimate of drug-likeness (QED) is 0.630. The van der Waals surface area contributed by atoms with Gasteiger partial charge in [0.1, 0.15) is 0 Å². The van der Waals surface area contributed by atoms with E-state index in [1.807, 2.05) is 22.4 Å². The Kier molecular flexibility index (Phi) is 5.87. The van der Waals surface area contributed by atoms with E-state index >= 15 is 0 Å². The van der Waals surface area contributed by atoms with Crippen molar-refractivity contribution in [2.24, 2.45) is 5.92 Å². The molecule has 0 radical (unpaired) electrons. The Bertz CT molecular complexity index is 1000. The van der Waals surface area contributed by atoms with Crippen molar-refractivity contribution in [2.45, 2.75) is 25.6 Å². The first-order chi connectivity index (χ1) is 14.4. The number of nitrogens with one attached hydrogen (secondary N) is 1. The average Bonchev–Trinajstić information content (AvgIpc) is 3.39. The van der Waals surface area contributed by atoms with E-state index in [1.165, 1.54) is 23.5 Å². The Morgan fingerprint density at radius 2 is 2.17 bits per heavy atom. The zero-order valence-corrected chi connectivity index (χ0v) is 16.7. The number of anilines is 1. The van der Waals surface area contributed by atoms with Gasteiger partial charge in [0.25, 0.3) is 0 Å². The first kappa shape index (κ1) is 20.5. The van der Waals surface area contributed by atoms with E-state index in [-0.39, 0.29) is 17.5 Å². The van der Waals surface area contributed by atoms with E-state index in [0.717, 1.165) is 30.0 Å². The normalized spacial score (nSPS) is 17.8. The number of hydrogen-bond acceptors (Lipinski definition) is 6. The fraction of sp³-hybridized carbons (Fsp3) is 0.350. The third-order valence-electron chi connectivity index (χ3n) is 4.90. The fourth-order valence-corrected chi connectivity index (χ4v) is 4.10. The highest BCUT2D eigenvalue weighted by atomic mass is 32.1. The first-order valence-electron chi connectivity index (χ1n) is 9.45. The SMILES string of the molecule is O=C(Nc1cccc(C(F)(F)F)c1)C1CCCN(Cc2nc(-c3cccs3)no2)C1. The predicted molar refractivity (Wildman–Crippen MR) is 106 cm³/mol. The largest absolute Gasteiger partial charge is 0.416 e. The van der Waals surface area contributed by atoms with Crippen LogP contribution in [0.4, 0.5) is 18.9 Å². The summed E-state index contributed by atoms with van der Waals surface area (Å²) >= 11 is 1.52. The molecule has 2 aromatic heterocycles. The molecule has 1 atom stereocenters. The van der Waals surface area contributed by atoms with Crippen molar-refractivity contribution < 1.29 is 22.5 Å². The van der Waals surface area contributed by atoms with Gasteiger partial charge in [-0.2, -0.15) is 18.2 Å². The van der Waals surface area contributed by atoms with E-state index in [4.69, 9.17) is 4.52 Å². The molecule has 1 fully saturated rings. The van der Waals surface area contributed by atoms with Crippen molar-refractivity contribution in [3.05, 3.63) is 53.2 Å². The number of thiophene rings is 1. The number of carbonyl (C=O) groups is 1. The van der Waals surface area contributed by atoms with Crippen molar-refractivity contribution in [3.8, 4) is 10.7 Å². The highest BCUT2D eigenvalue weighted by Crippen LogP contribution is 2.31. The van der Waals surface area contributed by atoms with Crippen LogP contribution in [0, 0.1) is 5.92 Å². The summed E-state index contributed by atoms with van der Waals surface area (Å²) in [6.07, 6.45) is -2.98. The van der Waals surface area contributed by atoms with Gasteiger partial charge < -0.3 is 9.84 Å². The van der Waals surface area contributed by atoms with E-state index in [0.29, 0.717) is 31.2 Å². The number of piperidine rings is 1. The second-order valence-corrected chi connectivity index (χ2v) is 8.08. The minimum absolute atomic E-state index is 0.143. The molecule has 1 N–H and O–H groups in total. The molecule has 0 saturated carbocycles. The lowest BCUT2D eigenvalue weighted by Gasteiger charge is -2.30. The van der Waals surface area contributed by atoms with Crippen molar-refractivity contribution in [1.29, 1.82) is 0 Å². The summed E-state index contributed by atoms with van der Waals surface area (Å²) in [7, 11) is 0. The van der Waals surface area contributed by atoms with Crippen LogP contribution in [0.15, 0.2) is 46.3 Å². The fourth-order valence-electron chi connectivity index (χ4n) is 3.45. The van der Waals surface area contributed by atoms with Crippen LogP contribution < -0.4 is 5.32 Å². The first-order valence-corrected chi connectivity index (χ1v) is 10.3. The van der Waals surface area contributed by atoms with Crippen molar-refractivity contribution >= 4 is 22.9 Å². The van der Waals surface area contributed by atoms with E-state index in [1.54, 1.807) is 0 Å². The maximum absolute atomic E-state index is 12.9. The number of rotatable bonds is 5. The minimum Gasteiger partial charge on any atom is -0.338 e. The lowest BCUT2D eigenvalue weighted by molar-refractivity contribution is -0.137. The van der Waals surface area contributed by atoms with Gasteiger partial charge >= 0.3 is 6.18 Å². The third kappa shape index (κ3) is 4.88. The Hall–Kier alpha value is -2.72. The van der Waals surface area contributed by atoms with Gasteiger partial charge in [-0.15, -0.1) is 11.3 Å². The Morgan fingerprint density at radius 1 is 1.30 bits per heavy atom. The molecule has 4 rings (SSSR count). The zero-order chi connectivity index (χ0) is 21.1. The van der Waals surface area contributed by atoms with Crippen LogP contribution in [0.5, 0.6) is 0 Å². The van der Waals surface area contributed by atoms with Crippen LogP contribution >= 0.6 is 11.3 Å². The van der Waals surface area contributed by atoms with Crippen LogP contribution in [0.3, 0.4) is 0 Å². The molecule has 1 aromatic carbocycles. The molecule has 158 valence electrons. The summed E-state index contributed by atoms with van der Waals surface area (Å²) in [6.45, 7) is 1.68. The van der Waals surface area contributed by atoms with Gasteiger partial charge in [0, 0.05) is 12.2 Å². The number of aromatic nitrogens is 2. The molecule has 30 heavy (non-hydrogen) atoms. The molecule has 3 aromatic rings. The molecule has 10 heteroatoms. The van der Waals surface area contributed by atoms with Gasteiger partial charge in [0.2, 0.25) is 17.6 Å². The predicted octanol–water partition coefficient (Wildman–Crippen LogP) is 4.67. The van der Waals surface area contributed by atoms with E-state index in [2.05, 4.69) is 15.5 Å². The zero-order valence-electron chi connectivity index (χ0n) is 15.9. The summed E-state index contributed by atoms with van der Waals surface area (Å²) in [5.74, 6) is 0.394. The second-order valence-electron chi connectivity index (χ2n) is 7.13. The van der Waals surface area contributed by atoms with Crippen LogP contribution in [0.2, 0.25) is 0 Å². The Morgan fingerprint density at radius 3 is 2.93 bits per heavy atom. The van der Waals surface area contributed by atoms with Crippen molar-refractivity contribution in [3.63, 3.8) is 0 Å². The van der Waals surface area contributed by atoms with Crippen LogP contribution in [0.25, 0.3) is 10.7 Å². The summed E-state index contributed by atoms with van der Waals surface area (Å²) in [4.78, 5) is 20.0. The molecule has 0 spiro atoms. The minimum atomic E-state index is -4.45. The molecule has 1 aliphatic rings. The second kappa shape index (κ2) is 8.57. The maximum atomic E-state index is 12.9. The molecule has 3 heterocycles. The number of halogens is 3. The van der Waals surface area contributed by atoms with Crippen molar-refractivity contribution in [2.75, 3.05) is 18.4 Å². The highest BCUT2D eigenvalue weighted by Gasteiger charge is 2.31. The van der Waals surface area contributed by atoms with Gasteiger partial charge in [0.05, 0.1) is 22.9 Å². The van der Waals surface area contributed by atoms with E-state index < -0.39 is 11.7 Å². The van der Waals surface area contributed by atoms with Gasteiger partial charge in [-0.25, -0.2) is 0 Å². The Labute approximate surface area is 174 Å². The number of likely N-dealkylation sites (tertiary alicyclic amines) is 1. The van der Waals surface area contributed by atoms with Crippen molar-refractivity contribution in [1.82, 2.24) is 15.0 Å². The number of hydrogen-bond donors (Lipinski definition) is 1. The number of benzene rings is 1. The van der Waals surface area contributed by atoms with Crippen LogP contribution in [0.1, 0.15) is 24.3 Å². The number of carbonyl (C=O) groups excluding carboxylic acids is 1.